The van der Waals surface area contributed by atoms with Crippen LogP contribution in [0.4, 0.5) is 11.4 Å². The van der Waals surface area contributed by atoms with Crippen LogP contribution in [0.25, 0.3) is 11.1 Å². The molecule has 2 heterocycles. The largest absolute Gasteiger partial charge is 0.373 e. The summed E-state index contributed by atoms with van der Waals surface area (Å²) in [4.78, 5) is 6.56. The predicted octanol–water partition coefficient (Wildman–Crippen LogP) is 13.2. The van der Waals surface area contributed by atoms with Crippen LogP contribution >= 0.6 is 25.3 Å². The maximum absolute atomic E-state index is 6.13. The Bertz CT molecular complexity index is 2580. The van der Waals surface area contributed by atoms with Crippen molar-refractivity contribution in [3.05, 3.63) is 163 Å². The Morgan fingerprint density at radius 2 is 0.792 bits per heavy atom. The first kappa shape index (κ1) is 54.6. The van der Waals surface area contributed by atoms with E-state index in [-0.39, 0.29) is 21.7 Å². The first-order chi connectivity index (χ1) is 33.9. The molecule has 10 nitrogen and oxygen atoms in total. The number of benzene rings is 4. The van der Waals surface area contributed by atoms with Crippen LogP contribution in [0.5, 0.6) is 0 Å². The third-order valence-corrected chi connectivity index (χ3v) is 14.5. The van der Waals surface area contributed by atoms with Crippen LogP contribution < -0.4 is 9.80 Å². The average molecular weight is 1010 g/mol. The van der Waals surface area contributed by atoms with Gasteiger partial charge in [-0.25, -0.2) is 9.36 Å². The molecule has 0 bridgehead atoms. The number of allylic oxidation sites excluding steroid dienone is 2. The first-order valence-corrected chi connectivity index (χ1v) is 26.6. The number of nitrogens with zero attached hydrogens (tertiary/aromatic N) is 8. The van der Waals surface area contributed by atoms with Gasteiger partial charge in [0.25, 0.3) is 0 Å². The van der Waals surface area contributed by atoms with E-state index in [0.29, 0.717) is 39.5 Å². The van der Waals surface area contributed by atoms with E-state index in [1.807, 2.05) is 21.8 Å². The molecule has 72 heavy (non-hydrogen) atoms. The number of likely N-dealkylation sites (N-methyl/N-ethyl adjacent to an activating group) is 2. The standard InChI is InChI=1S/C60H80N8O2S2/c1-15-65(25-27-69-39-49-37-67(63-61-49)35-41-29-45(57(3,4)5)33-46(30-41)58(6,7)8)51-21-17-43(18-22-51)53-55(71)54(56(53)72)44-19-23-52(24-20-44)66(16-2)26-28-70-40-50-38-68(64-62-50)36-42-31-47(59(9,10)11)34-48(32-42)60(12,13)14/h17-24,29-34,37-38,71-72H,15-16,25-28,35-36,39-40H2,1-14H3. The summed E-state index contributed by atoms with van der Waals surface area (Å²) in [5.41, 5.74) is 16.3. The molecule has 0 radical (unpaired) electrons. The van der Waals surface area contributed by atoms with E-state index in [1.54, 1.807) is 0 Å². The zero-order chi connectivity index (χ0) is 52.2. The second-order valence-corrected chi connectivity index (χ2v) is 24.4. The van der Waals surface area contributed by atoms with Crippen molar-refractivity contribution >= 4 is 47.8 Å². The van der Waals surface area contributed by atoms with Crippen LogP contribution in [-0.4, -0.2) is 69.4 Å². The molecule has 0 atom stereocenters. The Kier molecular flexibility index (Phi) is 17.1. The zero-order valence-corrected chi connectivity index (χ0v) is 47.4. The van der Waals surface area contributed by atoms with Crippen LogP contribution in [0.15, 0.2) is 107 Å². The van der Waals surface area contributed by atoms with Gasteiger partial charge in [0.1, 0.15) is 11.4 Å². The summed E-state index contributed by atoms with van der Waals surface area (Å²) < 4.78 is 16.1. The molecular weight excluding hydrogens is 929 g/mol. The molecule has 0 saturated carbocycles. The molecule has 0 saturated heterocycles. The van der Waals surface area contributed by atoms with E-state index >= 15 is 0 Å². The van der Waals surface area contributed by atoms with Gasteiger partial charge in [-0.2, -0.15) is 0 Å². The Labute approximate surface area is 442 Å². The van der Waals surface area contributed by atoms with Gasteiger partial charge in [-0.1, -0.05) is 154 Å². The number of anilines is 2. The van der Waals surface area contributed by atoms with E-state index in [2.05, 4.69) is 212 Å². The summed E-state index contributed by atoms with van der Waals surface area (Å²) >= 11 is 10.0. The van der Waals surface area contributed by atoms with Crippen molar-refractivity contribution in [1.82, 2.24) is 30.0 Å². The van der Waals surface area contributed by atoms with Gasteiger partial charge in [-0.15, -0.1) is 35.5 Å². The van der Waals surface area contributed by atoms with E-state index < -0.39 is 0 Å². The molecule has 0 fully saturated rings. The summed E-state index contributed by atoms with van der Waals surface area (Å²) in [6, 6.07) is 31.3. The third-order valence-electron chi connectivity index (χ3n) is 13.6. The van der Waals surface area contributed by atoms with E-state index in [1.165, 1.54) is 33.4 Å². The molecule has 0 spiro atoms. The average Bonchev–Trinajstić information content (AvgIpc) is 3.97. The maximum Gasteiger partial charge on any atom is 0.108 e. The van der Waals surface area contributed by atoms with E-state index in [4.69, 9.17) is 34.7 Å². The fourth-order valence-electron chi connectivity index (χ4n) is 8.92. The lowest BCUT2D eigenvalue weighted by atomic mass is 9.79. The number of rotatable bonds is 20. The van der Waals surface area contributed by atoms with Gasteiger partial charge in [-0.05, 0) is 104 Å². The molecule has 0 unspecified atom stereocenters. The molecule has 0 amide bonds. The predicted molar refractivity (Wildman–Crippen MR) is 306 cm³/mol. The highest BCUT2D eigenvalue weighted by Crippen LogP contribution is 2.51. The van der Waals surface area contributed by atoms with Gasteiger partial charge in [-0.3, -0.25) is 0 Å². The summed E-state index contributed by atoms with van der Waals surface area (Å²) in [7, 11) is 0. The van der Waals surface area contributed by atoms with Crippen LogP contribution in [0.2, 0.25) is 0 Å². The Balaban J connectivity index is 0.865. The number of hydrogen-bond donors (Lipinski definition) is 2. The Morgan fingerprint density at radius 3 is 1.08 bits per heavy atom. The highest BCUT2D eigenvalue weighted by molar-refractivity contribution is 7.88. The normalized spacial score (nSPS) is 13.6. The lowest BCUT2D eigenvalue weighted by Gasteiger charge is -2.28. The molecular formula is C60H80N8O2S2. The van der Waals surface area contributed by atoms with Crippen molar-refractivity contribution < 1.29 is 9.47 Å². The van der Waals surface area contributed by atoms with Crippen molar-refractivity contribution in [2.24, 2.45) is 0 Å². The molecule has 12 heteroatoms. The zero-order valence-electron chi connectivity index (χ0n) is 45.6. The first-order valence-electron chi connectivity index (χ1n) is 25.7. The van der Waals surface area contributed by atoms with Crippen LogP contribution in [-0.2, 0) is 57.4 Å². The smallest absolute Gasteiger partial charge is 0.108 e. The minimum Gasteiger partial charge on any atom is -0.373 e. The van der Waals surface area contributed by atoms with Crippen molar-refractivity contribution in [2.75, 3.05) is 49.2 Å². The molecule has 1 aliphatic rings. The summed E-state index contributed by atoms with van der Waals surface area (Å²) in [6.07, 6.45) is 4.00. The molecule has 0 aliphatic heterocycles. The summed E-state index contributed by atoms with van der Waals surface area (Å²) in [5.74, 6) is 0. The topological polar surface area (TPSA) is 86.4 Å². The SMILES string of the molecule is CCN(CCOCc1cn(Cc2cc(C(C)(C)C)cc(C(C)(C)C)c2)nn1)c1ccc(C2=C(S)C(c3ccc(N(CC)CCOCc4cn(Cc5cc(C(C)(C)C)cc(C(C)(C)C)c5)nn4)cc3)=C2S)cc1. The molecule has 4 aromatic carbocycles. The lowest BCUT2D eigenvalue weighted by Crippen LogP contribution is -2.27. The van der Waals surface area contributed by atoms with Gasteiger partial charge >= 0.3 is 0 Å². The minimum atomic E-state index is 0.0616. The van der Waals surface area contributed by atoms with Crippen molar-refractivity contribution in [1.29, 1.82) is 0 Å². The highest BCUT2D eigenvalue weighted by atomic mass is 32.1. The van der Waals surface area contributed by atoms with Gasteiger partial charge in [0.2, 0.25) is 0 Å². The highest BCUT2D eigenvalue weighted by Gasteiger charge is 2.28. The second kappa shape index (κ2) is 22.5. The quantitative estimate of drug-likeness (QED) is 0.0578. The molecule has 7 rings (SSSR count). The monoisotopic (exact) mass is 1010 g/mol. The van der Waals surface area contributed by atoms with Crippen LogP contribution in [0.3, 0.4) is 0 Å². The Morgan fingerprint density at radius 1 is 0.472 bits per heavy atom. The lowest BCUT2D eigenvalue weighted by molar-refractivity contribution is 0.124. The fraction of sp³-hybridized carbons (Fsp3) is 0.467. The number of thiol groups is 2. The molecule has 1 aliphatic carbocycles. The van der Waals surface area contributed by atoms with Crippen molar-refractivity contribution in [3.63, 3.8) is 0 Å². The molecule has 6 aromatic rings. The van der Waals surface area contributed by atoms with E-state index in [0.717, 1.165) is 81.0 Å². The number of hydrogen-bond acceptors (Lipinski definition) is 10. The minimum absolute atomic E-state index is 0.0616. The summed E-state index contributed by atoms with van der Waals surface area (Å²) in [5, 5.41) is 17.7. The van der Waals surface area contributed by atoms with Crippen molar-refractivity contribution in [2.45, 2.75) is 145 Å². The van der Waals surface area contributed by atoms with Gasteiger partial charge in [0.05, 0.1) is 51.9 Å². The molecule has 2 aromatic heterocycles. The summed E-state index contributed by atoms with van der Waals surface area (Å²) in [6.45, 7) is 38.1. The van der Waals surface area contributed by atoms with Gasteiger partial charge in [0.15, 0.2) is 0 Å². The third kappa shape index (κ3) is 13.7. The molecule has 0 N–H and O–H groups in total. The second-order valence-electron chi connectivity index (χ2n) is 23.5. The van der Waals surface area contributed by atoms with Crippen LogP contribution in [0, 0.1) is 0 Å². The van der Waals surface area contributed by atoms with Gasteiger partial charge in [0, 0.05) is 58.5 Å². The van der Waals surface area contributed by atoms with Gasteiger partial charge < -0.3 is 19.3 Å². The van der Waals surface area contributed by atoms with E-state index in [9.17, 15) is 0 Å². The maximum atomic E-state index is 6.13. The number of ether oxygens (including phenoxy) is 2. The van der Waals surface area contributed by atoms with Crippen molar-refractivity contribution in [3.8, 4) is 0 Å². The fourth-order valence-corrected chi connectivity index (χ4v) is 10.1. The number of aromatic nitrogens is 6. The Hall–Kier alpha value is -5.14. The van der Waals surface area contributed by atoms with Crippen LogP contribution in [0.1, 0.15) is 153 Å². The molecule has 384 valence electrons.